The third-order valence-electron chi connectivity index (χ3n) is 4.68. The lowest BCUT2D eigenvalue weighted by atomic mass is 10.1. The van der Waals surface area contributed by atoms with Crippen LogP contribution in [0.15, 0.2) is 47.1 Å². The van der Waals surface area contributed by atoms with Crippen molar-refractivity contribution in [2.24, 2.45) is 0 Å². The number of rotatable bonds is 7. The second kappa shape index (κ2) is 8.83. The van der Waals surface area contributed by atoms with E-state index in [0.29, 0.717) is 23.0 Å². The summed E-state index contributed by atoms with van der Waals surface area (Å²) in [4.78, 5) is 19.1. The van der Waals surface area contributed by atoms with Gasteiger partial charge in [0, 0.05) is 11.6 Å². The van der Waals surface area contributed by atoms with Gasteiger partial charge in [0.25, 0.3) is 5.91 Å². The number of amides is 1. The topological polar surface area (TPSA) is 74.0 Å². The van der Waals surface area contributed by atoms with Crippen LogP contribution in [-0.2, 0) is 6.54 Å². The number of halogens is 2. The Morgan fingerprint density at radius 2 is 1.81 bits per heavy atom. The summed E-state index contributed by atoms with van der Waals surface area (Å²) in [7, 11) is 4.34. The summed E-state index contributed by atoms with van der Waals surface area (Å²) in [5.41, 5.74) is 0.200. The summed E-state index contributed by atoms with van der Waals surface area (Å²) < 4.78 is 49.6. The van der Waals surface area contributed by atoms with E-state index in [-0.39, 0.29) is 27.5 Å². The Bertz CT molecular complexity index is 1250. The first kappa shape index (κ1) is 21.6. The average Bonchev–Trinajstić information content (AvgIpc) is 3.45. The summed E-state index contributed by atoms with van der Waals surface area (Å²) >= 11 is 0.991. The van der Waals surface area contributed by atoms with Gasteiger partial charge in [0.15, 0.2) is 22.4 Å². The minimum absolute atomic E-state index is 0.0199. The molecule has 2 heterocycles. The van der Waals surface area contributed by atoms with Gasteiger partial charge < -0.3 is 18.6 Å². The molecule has 0 aliphatic carbocycles. The SMILES string of the molecule is COc1cc(C(=O)N(Cc2ccco2)c2nc3c(F)cc(F)cc3s2)cc(OC)c1OC. The molecule has 0 unspecified atom stereocenters. The first-order valence-electron chi connectivity index (χ1n) is 9.35. The fraction of sp³-hybridized carbons (Fsp3) is 0.182. The number of thiazole rings is 1. The Hall–Kier alpha value is -3.66. The lowest BCUT2D eigenvalue weighted by molar-refractivity contribution is 0.0982. The number of nitrogens with zero attached hydrogens (tertiary/aromatic N) is 2. The van der Waals surface area contributed by atoms with E-state index in [1.807, 2.05) is 0 Å². The molecule has 166 valence electrons. The monoisotopic (exact) mass is 460 g/mol. The van der Waals surface area contributed by atoms with E-state index in [9.17, 15) is 13.6 Å². The van der Waals surface area contributed by atoms with Gasteiger partial charge in [-0.3, -0.25) is 9.69 Å². The molecule has 4 aromatic rings. The quantitative estimate of drug-likeness (QED) is 0.385. The van der Waals surface area contributed by atoms with Gasteiger partial charge in [-0.15, -0.1) is 0 Å². The van der Waals surface area contributed by atoms with Crippen molar-refractivity contribution in [3.63, 3.8) is 0 Å². The molecule has 0 aliphatic rings. The number of benzene rings is 2. The molecular weight excluding hydrogens is 442 g/mol. The number of aromatic nitrogens is 1. The number of anilines is 1. The van der Waals surface area contributed by atoms with E-state index in [0.717, 1.165) is 17.4 Å². The van der Waals surface area contributed by atoms with Crippen molar-refractivity contribution in [2.45, 2.75) is 6.54 Å². The average molecular weight is 460 g/mol. The van der Waals surface area contributed by atoms with Crippen LogP contribution in [0.25, 0.3) is 10.2 Å². The number of carbonyl (C=O) groups excluding carboxylic acids is 1. The summed E-state index contributed by atoms with van der Waals surface area (Å²) in [5, 5.41) is 0.180. The molecule has 0 fully saturated rings. The molecule has 7 nitrogen and oxygen atoms in total. The Kier molecular flexibility index (Phi) is 5.95. The van der Waals surface area contributed by atoms with Gasteiger partial charge in [0.1, 0.15) is 17.1 Å². The Morgan fingerprint density at radius 3 is 2.41 bits per heavy atom. The highest BCUT2D eigenvalue weighted by molar-refractivity contribution is 7.22. The molecule has 2 aromatic heterocycles. The molecule has 10 heteroatoms. The fourth-order valence-electron chi connectivity index (χ4n) is 3.21. The molecule has 0 saturated heterocycles. The Balaban J connectivity index is 1.83. The van der Waals surface area contributed by atoms with Gasteiger partial charge in [0.05, 0.1) is 38.8 Å². The van der Waals surface area contributed by atoms with Crippen molar-refractivity contribution in [1.29, 1.82) is 0 Å². The first-order valence-corrected chi connectivity index (χ1v) is 10.2. The lowest BCUT2D eigenvalue weighted by Crippen LogP contribution is -2.30. The number of furan rings is 1. The van der Waals surface area contributed by atoms with E-state index in [1.165, 1.54) is 50.7 Å². The van der Waals surface area contributed by atoms with Crippen LogP contribution in [0.3, 0.4) is 0 Å². The second-order valence-corrected chi connectivity index (χ2v) is 7.62. The van der Waals surface area contributed by atoms with E-state index in [2.05, 4.69) is 4.98 Å². The summed E-state index contributed by atoms with van der Waals surface area (Å²) in [6, 6.07) is 8.32. The zero-order valence-electron chi connectivity index (χ0n) is 17.3. The van der Waals surface area contributed by atoms with E-state index < -0.39 is 17.5 Å². The second-order valence-electron chi connectivity index (χ2n) is 6.62. The minimum Gasteiger partial charge on any atom is -0.493 e. The predicted octanol–water partition coefficient (Wildman–Crippen LogP) is 5.04. The van der Waals surface area contributed by atoms with Crippen molar-refractivity contribution in [1.82, 2.24) is 4.98 Å². The summed E-state index contributed by atoms with van der Waals surface area (Å²) in [6.07, 6.45) is 1.48. The Labute approximate surface area is 185 Å². The van der Waals surface area contributed by atoms with Crippen molar-refractivity contribution in [3.05, 3.63) is 65.6 Å². The van der Waals surface area contributed by atoms with Crippen LogP contribution in [0.4, 0.5) is 13.9 Å². The van der Waals surface area contributed by atoms with Crippen LogP contribution in [0.1, 0.15) is 16.1 Å². The number of hydrogen-bond donors (Lipinski definition) is 0. The standard InChI is InChI=1S/C22H18F2N2O5S/c1-28-16-7-12(8-17(29-2)20(16)30-3)21(27)26(11-14-5-4-6-31-14)22-25-19-15(24)9-13(23)10-18(19)32-22/h4-10H,11H2,1-3H3. The summed E-state index contributed by atoms with van der Waals surface area (Å²) in [5.74, 6) is -0.588. The molecule has 0 atom stereocenters. The Morgan fingerprint density at radius 1 is 1.09 bits per heavy atom. The molecule has 0 aliphatic heterocycles. The van der Waals surface area contributed by atoms with Crippen molar-refractivity contribution in [3.8, 4) is 17.2 Å². The maximum atomic E-state index is 14.2. The molecule has 0 saturated carbocycles. The van der Waals surface area contributed by atoms with Crippen molar-refractivity contribution < 1.29 is 32.2 Å². The minimum atomic E-state index is -0.805. The van der Waals surface area contributed by atoms with Crippen LogP contribution >= 0.6 is 11.3 Å². The van der Waals surface area contributed by atoms with Crippen LogP contribution in [0.5, 0.6) is 17.2 Å². The molecule has 4 rings (SSSR count). The molecule has 0 N–H and O–H groups in total. The number of ether oxygens (including phenoxy) is 3. The lowest BCUT2D eigenvalue weighted by Gasteiger charge is -2.20. The number of hydrogen-bond acceptors (Lipinski definition) is 7. The highest BCUT2D eigenvalue weighted by Crippen LogP contribution is 2.39. The van der Waals surface area contributed by atoms with Crippen LogP contribution < -0.4 is 19.1 Å². The maximum Gasteiger partial charge on any atom is 0.260 e. The molecule has 0 spiro atoms. The van der Waals surface area contributed by atoms with E-state index in [4.69, 9.17) is 18.6 Å². The predicted molar refractivity (Wildman–Crippen MR) is 115 cm³/mol. The highest BCUT2D eigenvalue weighted by atomic mass is 32.1. The zero-order chi connectivity index (χ0) is 22.8. The van der Waals surface area contributed by atoms with Crippen molar-refractivity contribution >= 4 is 32.6 Å². The zero-order valence-corrected chi connectivity index (χ0v) is 18.2. The van der Waals surface area contributed by atoms with Gasteiger partial charge >= 0.3 is 0 Å². The molecule has 32 heavy (non-hydrogen) atoms. The smallest absolute Gasteiger partial charge is 0.260 e. The molecule has 0 radical (unpaired) electrons. The normalized spacial score (nSPS) is 10.9. The fourth-order valence-corrected chi connectivity index (χ4v) is 4.21. The van der Waals surface area contributed by atoms with Gasteiger partial charge in [0.2, 0.25) is 5.75 Å². The highest BCUT2D eigenvalue weighted by Gasteiger charge is 2.26. The number of carbonyl (C=O) groups is 1. The summed E-state index contributed by atoms with van der Waals surface area (Å²) in [6.45, 7) is 0.0203. The van der Waals surface area contributed by atoms with Crippen LogP contribution in [0, 0.1) is 11.6 Å². The third-order valence-corrected chi connectivity index (χ3v) is 5.71. The molecular formula is C22H18F2N2O5S. The first-order chi connectivity index (χ1) is 15.4. The number of fused-ring (bicyclic) bond motifs is 1. The van der Waals surface area contributed by atoms with Crippen molar-refractivity contribution in [2.75, 3.05) is 26.2 Å². The van der Waals surface area contributed by atoms with Gasteiger partial charge in [-0.1, -0.05) is 11.3 Å². The van der Waals surface area contributed by atoms with Crippen LogP contribution in [0.2, 0.25) is 0 Å². The molecule has 2 aromatic carbocycles. The van der Waals surface area contributed by atoms with Gasteiger partial charge in [-0.05, 0) is 30.3 Å². The third kappa shape index (κ3) is 3.96. The number of methoxy groups -OCH3 is 3. The molecule has 0 bridgehead atoms. The van der Waals surface area contributed by atoms with Gasteiger partial charge in [-0.2, -0.15) is 0 Å². The van der Waals surface area contributed by atoms with E-state index in [1.54, 1.807) is 12.1 Å². The van der Waals surface area contributed by atoms with Gasteiger partial charge in [-0.25, -0.2) is 13.8 Å². The maximum absolute atomic E-state index is 14.2. The molecule has 1 amide bonds. The largest absolute Gasteiger partial charge is 0.493 e. The van der Waals surface area contributed by atoms with Crippen LogP contribution in [-0.4, -0.2) is 32.2 Å². The van der Waals surface area contributed by atoms with E-state index >= 15 is 0 Å².